The number of benzene rings is 1. The predicted octanol–water partition coefficient (Wildman–Crippen LogP) is 0.906. The highest BCUT2D eigenvalue weighted by Gasteiger charge is 2.43. The Morgan fingerprint density at radius 1 is 1.27 bits per heavy atom. The van der Waals surface area contributed by atoms with Crippen LogP contribution in [0.4, 0.5) is 0 Å². The molecule has 0 atom stereocenters. The first-order valence-electron chi connectivity index (χ1n) is 4.19. The van der Waals surface area contributed by atoms with Gasteiger partial charge in [0.2, 0.25) is 0 Å². The maximum Gasteiger partial charge on any atom is 0.292 e. The molecule has 0 aliphatic carbocycles. The Morgan fingerprint density at radius 3 is 2.07 bits per heavy atom. The number of nitrogens with zero attached hydrogens (tertiary/aromatic N) is 1. The van der Waals surface area contributed by atoms with Crippen molar-refractivity contribution in [2.24, 2.45) is 0 Å². The van der Waals surface area contributed by atoms with Gasteiger partial charge in [-0.15, -0.1) is 0 Å². The molecular formula is C9H10BrNO4. The van der Waals surface area contributed by atoms with Crippen LogP contribution in [0.15, 0.2) is 28.7 Å². The van der Waals surface area contributed by atoms with Crippen LogP contribution in [0, 0.1) is 10.1 Å². The van der Waals surface area contributed by atoms with Gasteiger partial charge in [-0.2, -0.15) is 0 Å². The van der Waals surface area contributed by atoms with E-state index < -0.39 is 23.7 Å². The molecule has 1 rings (SSSR count). The van der Waals surface area contributed by atoms with E-state index >= 15 is 0 Å². The van der Waals surface area contributed by atoms with Crippen molar-refractivity contribution in [1.29, 1.82) is 0 Å². The van der Waals surface area contributed by atoms with E-state index in [1.165, 1.54) is 12.1 Å². The highest BCUT2D eigenvalue weighted by molar-refractivity contribution is 9.10. The van der Waals surface area contributed by atoms with Gasteiger partial charge in [-0.1, -0.05) is 28.1 Å². The summed E-state index contributed by atoms with van der Waals surface area (Å²) in [7, 11) is 0. The fourth-order valence-electron chi connectivity index (χ4n) is 1.21. The molecule has 0 heterocycles. The van der Waals surface area contributed by atoms with E-state index in [4.69, 9.17) is 10.2 Å². The van der Waals surface area contributed by atoms with Crippen molar-refractivity contribution < 1.29 is 15.1 Å². The van der Waals surface area contributed by atoms with Gasteiger partial charge < -0.3 is 10.2 Å². The molecular weight excluding hydrogens is 266 g/mol. The highest BCUT2D eigenvalue weighted by atomic mass is 79.9. The molecule has 0 amide bonds. The van der Waals surface area contributed by atoms with Crippen molar-refractivity contribution in [3.63, 3.8) is 0 Å². The summed E-state index contributed by atoms with van der Waals surface area (Å²) in [4.78, 5) is 10.2. The summed E-state index contributed by atoms with van der Waals surface area (Å²) in [6.45, 7) is -1.48. The van der Waals surface area contributed by atoms with E-state index in [-0.39, 0.29) is 5.56 Å². The van der Waals surface area contributed by atoms with Gasteiger partial charge in [-0.05, 0) is 12.1 Å². The van der Waals surface area contributed by atoms with E-state index in [1.807, 2.05) is 0 Å². The largest absolute Gasteiger partial charge is 0.388 e. The van der Waals surface area contributed by atoms with Gasteiger partial charge in [-0.25, -0.2) is 0 Å². The molecule has 1 aromatic carbocycles. The molecule has 0 unspecified atom stereocenters. The molecule has 6 heteroatoms. The number of hydrogen-bond acceptors (Lipinski definition) is 4. The Kier molecular flexibility index (Phi) is 3.78. The third-order valence-corrected chi connectivity index (χ3v) is 2.78. The zero-order valence-corrected chi connectivity index (χ0v) is 9.35. The Bertz CT molecular complexity index is 348. The standard InChI is InChI=1S/C9H10BrNO4/c10-8-3-1-7(2-4-8)9(5-12,6-13)11(14)15/h1-4,12-13H,5-6H2. The minimum absolute atomic E-state index is 0.278. The van der Waals surface area contributed by atoms with Crippen LogP contribution in [-0.4, -0.2) is 28.4 Å². The molecule has 0 saturated heterocycles. The van der Waals surface area contributed by atoms with Crippen LogP contribution in [0.5, 0.6) is 0 Å². The normalized spacial score (nSPS) is 11.4. The SMILES string of the molecule is O=[N+]([O-])C(CO)(CO)c1ccc(Br)cc1. The number of hydrogen-bond donors (Lipinski definition) is 2. The average molecular weight is 276 g/mol. The van der Waals surface area contributed by atoms with Crippen molar-refractivity contribution in [3.8, 4) is 0 Å². The smallest absolute Gasteiger partial charge is 0.292 e. The Morgan fingerprint density at radius 2 is 1.73 bits per heavy atom. The van der Waals surface area contributed by atoms with Crippen molar-refractivity contribution in [2.75, 3.05) is 13.2 Å². The van der Waals surface area contributed by atoms with Crippen molar-refractivity contribution in [3.05, 3.63) is 44.4 Å². The summed E-state index contributed by atoms with van der Waals surface area (Å²) in [6, 6.07) is 6.25. The van der Waals surface area contributed by atoms with Gasteiger partial charge in [0.1, 0.15) is 13.2 Å². The van der Waals surface area contributed by atoms with E-state index in [2.05, 4.69) is 15.9 Å². The van der Waals surface area contributed by atoms with E-state index in [1.54, 1.807) is 12.1 Å². The van der Waals surface area contributed by atoms with Crippen molar-refractivity contribution >= 4 is 15.9 Å². The minimum atomic E-state index is -1.82. The van der Waals surface area contributed by atoms with Crippen LogP contribution >= 0.6 is 15.9 Å². The summed E-state index contributed by atoms with van der Waals surface area (Å²) >= 11 is 3.20. The van der Waals surface area contributed by atoms with Gasteiger partial charge >= 0.3 is 0 Å². The second-order valence-corrected chi connectivity index (χ2v) is 4.03. The lowest BCUT2D eigenvalue weighted by Gasteiger charge is -2.20. The topological polar surface area (TPSA) is 83.6 Å². The van der Waals surface area contributed by atoms with Crippen LogP contribution in [0.1, 0.15) is 5.56 Å². The fraction of sp³-hybridized carbons (Fsp3) is 0.333. The maximum atomic E-state index is 10.8. The van der Waals surface area contributed by atoms with Crippen molar-refractivity contribution in [1.82, 2.24) is 0 Å². The third kappa shape index (κ3) is 2.17. The van der Waals surface area contributed by atoms with Crippen LogP contribution in [0.2, 0.25) is 0 Å². The van der Waals surface area contributed by atoms with E-state index in [0.717, 1.165) is 4.47 Å². The first kappa shape index (κ1) is 12.1. The second-order valence-electron chi connectivity index (χ2n) is 3.11. The first-order valence-corrected chi connectivity index (χ1v) is 4.98. The average Bonchev–Trinajstić information content (AvgIpc) is 2.22. The molecule has 0 aromatic heterocycles. The molecule has 2 N–H and O–H groups in total. The second kappa shape index (κ2) is 4.69. The summed E-state index contributed by atoms with van der Waals surface area (Å²) in [6.07, 6.45) is 0. The lowest BCUT2D eigenvalue weighted by molar-refractivity contribution is -0.586. The van der Waals surface area contributed by atoms with Gasteiger partial charge in [-0.3, -0.25) is 10.1 Å². The monoisotopic (exact) mass is 275 g/mol. The molecule has 5 nitrogen and oxygen atoms in total. The molecule has 82 valence electrons. The molecule has 0 aliphatic rings. The van der Waals surface area contributed by atoms with Crippen LogP contribution in [0.25, 0.3) is 0 Å². The molecule has 0 radical (unpaired) electrons. The Labute approximate surface area is 94.6 Å². The Hall–Kier alpha value is -0.980. The molecule has 0 fully saturated rings. The van der Waals surface area contributed by atoms with Crippen LogP contribution in [0.3, 0.4) is 0 Å². The number of rotatable bonds is 4. The lowest BCUT2D eigenvalue weighted by Crippen LogP contribution is -2.42. The third-order valence-electron chi connectivity index (χ3n) is 2.25. The first-order chi connectivity index (χ1) is 7.06. The van der Waals surface area contributed by atoms with Gasteiger partial charge in [0, 0.05) is 15.0 Å². The fourth-order valence-corrected chi connectivity index (χ4v) is 1.48. The summed E-state index contributed by atoms with van der Waals surface area (Å²) in [5.74, 6) is 0. The number of nitro groups is 1. The minimum Gasteiger partial charge on any atom is -0.388 e. The Balaban J connectivity index is 3.20. The number of aliphatic hydroxyl groups is 2. The van der Waals surface area contributed by atoms with Crippen molar-refractivity contribution in [2.45, 2.75) is 5.54 Å². The van der Waals surface area contributed by atoms with E-state index in [9.17, 15) is 10.1 Å². The summed E-state index contributed by atoms with van der Waals surface area (Å²) in [5, 5.41) is 29.0. The van der Waals surface area contributed by atoms with Crippen LogP contribution < -0.4 is 0 Å². The number of aliphatic hydroxyl groups excluding tert-OH is 2. The van der Waals surface area contributed by atoms with E-state index in [0.29, 0.717) is 0 Å². The summed E-state index contributed by atoms with van der Waals surface area (Å²) < 4.78 is 0.777. The van der Waals surface area contributed by atoms with Crippen LogP contribution in [-0.2, 0) is 5.54 Å². The van der Waals surface area contributed by atoms with Gasteiger partial charge in [0.15, 0.2) is 0 Å². The zero-order valence-electron chi connectivity index (χ0n) is 7.76. The lowest BCUT2D eigenvalue weighted by atomic mass is 9.92. The molecule has 0 spiro atoms. The van der Waals surface area contributed by atoms with Gasteiger partial charge in [0.25, 0.3) is 5.54 Å². The maximum absolute atomic E-state index is 10.8. The predicted molar refractivity (Wildman–Crippen MR) is 57.0 cm³/mol. The number of halogens is 1. The molecule has 0 saturated carbocycles. The molecule has 0 bridgehead atoms. The van der Waals surface area contributed by atoms with Gasteiger partial charge in [0.05, 0.1) is 0 Å². The molecule has 15 heavy (non-hydrogen) atoms. The summed E-state index contributed by atoms with van der Waals surface area (Å²) in [5.41, 5.74) is -1.54. The molecule has 1 aromatic rings. The molecule has 0 aliphatic heterocycles. The quantitative estimate of drug-likeness (QED) is 0.632. The zero-order chi connectivity index (χ0) is 11.5. The highest BCUT2D eigenvalue weighted by Crippen LogP contribution is 2.25.